The summed E-state index contributed by atoms with van der Waals surface area (Å²) in [6.45, 7) is 20.6. The molecule has 15 atom stereocenters. The van der Waals surface area contributed by atoms with Crippen LogP contribution in [0.5, 0.6) is 0 Å². The van der Waals surface area contributed by atoms with Crippen molar-refractivity contribution < 1.29 is 38.6 Å². The van der Waals surface area contributed by atoms with Crippen molar-refractivity contribution >= 4 is 64.7 Å². The van der Waals surface area contributed by atoms with Gasteiger partial charge in [-0.05, 0) is 120 Å². The molecule has 0 radical (unpaired) electrons. The molecular formula is C64H109N15O8. The Morgan fingerprint density at radius 3 is 1.32 bits per heavy atom. The molecule has 5 aliphatic carbocycles. The number of rotatable bonds is 41. The zero-order chi connectivity index (χ0) is 64.2. The van der Waals surface area contributed by atoms with Gasteiger partial charge in [0.15, 0.2) is 0 Å². The maximum absolute atomic E-state index is 14.7. The third kappa shape index (κ3) is 16.7. The fourth-order valence-corrected chi connectivity index (χ4v) is 13.8. The minimum Gasteiger partial charge on any atom is -0.495 e. The second-order valence-electron chi connectivity index (χ2n) is 27.0. The zero-order valence-electron chi connectivity index (χ0n) is 53.8. The molecule has 11 unspecified atom stereocenters. The molecule has 5 saturated carbocycles. The van der Waals surface area contributed by atoms with Gasteiger partial charge in [0.2, 0.25) is 29.5 Å². The number of ether oxygens (including phenoxy) is 1. The van der Waals surface area contributed by atoms with E-state index < -0.39 is 87.4 Å². The molecule has 6 fully saturated rings. The summed E-state index contributed by atoms with van der Waals surface area (Å²) >= 11 is 0. The van der Waals surface area contributed by atoms with Crippen molar-refractivity contribution in [2.24, 2.45) is 41.2 Å². The summed E-state index contributed by atoms with van der Waals surface area (Å²) in [6.07, 6.45) is 20.5. The number of hydrogen-bond donors (Lipinski definition) is 16. The molecule has 1 saturated heterocycles. The number of amidine groups is 5. The number of carboxylic acids is 1. The van der Waals surface area contributed by atoms with Crippen LogP contribution in [0, 0.1) is 62.6 Å². The molecule has 17 N–H and O–H groups in total. The Hall–Kier alpha value is -6.29. The monoisotopic (exact) mass is 1220 g/mol. The van der Waals surface area contributed by atoms with Crippen molar-refractivity contribution in [3.63, 3.8) is 0 Å². The van der Waals surface area contributed by atoms with Crippen LogP contribution in [-0.2, 0) is 33.5 Å². The number of nitrogens with two attached hydrogens (primary N) is 1. The quantitative estimate of drug-likeness (QED) is 0.0166. The third-order valence-electron chi connectivity index (χ3n) is 20.0. The molecule has 6 rings (SSSR count). The van der Waals surface area contributed by atoms with Crippen LogP contribution in [0.15, 0.2) is 12.3 Å². The molecular weight excluding hydrogens is 1110 g/mol. The Kier molecular flexibility index (Phi) is 23.9. The molecule has 23 heteroatoms. The van der Waals surface area contributed by atoms with E-state index >= 15 is 0 Å². The van der Waals surface area contributed by atoms with Crippen LogP contribution in [-0.4, -0.2) is 128 Å². The molecule has 0 aromatic rings. The van der Waals surface area contributed by atoms with Crippen molar-refractivity contribution in [1.82, 2.24) is 47.9 Å². The molecule has 5 amide bonds. The van der Waals surface area contributed by atoms with Crippen LogP contribution in [0.25, 0.3) is 0 Å². The molecule has 488 valence electrons. The highest BCUT2D eigenvalue weighted by atomic mass is 16.5. The second-order valence-corrected chi connectivity index (χ2v) is 27.0. The maximum atomic E-state index is 14.7. The van der Waals surface area contributed by atoms with Crippen molar-refractivity contribution in [1.29, 1.82) is 27.0 Å². The minimum atomic E-state index is -1.68. The van der Waals surface area contributed by atoms with E-state index in [0.717, 1.165) is 108 Å². The van der Waals surface area contributed by atoms with Gasteiger partial charge in [0, 0.05) is 13.3 Å². The predicted octanol–water partition coefficient (Wildman–Crippen LogP) is 7.02. The van der Waals surface area contributed by atoms with E-state index in [2.05, 4.69) is 68.3 Å². The standard InChI is InChI=1S/C64H109N15O8/c1-11-16-18-20-23-27-41-32-60(41,55(65)66)77-51(82)47(13-3)74-59(70)64(36-46(64)54(85)86)76-50(81)39(9)71-56(67)62(34-43(62)29-25-22-26-30-44-31-38(8)87-44)78-52(83)48(14-4)73-58(69)63(35-45(63)37(6)7)79-53(84)49(15-5)72-57(68)61(75-40(10)80)33-42(61)28-24-21-19-17-12-2/h37,39,41-49H,8,11-36H2,1-7,9-10H3,(H3,65,66)(H2,67,71)(H2,68,72)(H2,69,73)(H2,70,74)(H,75,80)(H,76,81)(H,77,82)(H,78,83)(H,79,84)(H,85,86)/t39-,41?,42?,43?,44?,45?,46?,47-,48-,49-,60?,61?,62?,63?,64?/m1/s1. The van der Waals surface area contributed by atoms with E-state index in [1.54, 1.807) is 6.92 Å². The maximum Gasteiger partial charge on any atom is 0.309 e. The van der Waals surface area contributed by atoms with Gasteiger partial charge >= 0.3 is 5.97 Å². The normalized spacial score (nSPS) is 30.0. The minimum absolute atomic E-state index is 0.0138. The number of carbonyl (C=O) groups excluding carboxylic acids is 5. The van der Waals surface area contributed by atoms with Crippen LogP contribution < -0.4 is 53.6 Å². The summed E-state index contributed by atoms with van der Waals surface area (Å²) in [6, 6.07) is -3.94. The Morgan fingerprint density at radius 1 is 0.529 bits per heavy atom. The van der Waals surface area contributed by atoms with E-state index in [0.29, 0.717) is 38.5 Å². The average molecular weight is 1220 g/mol. The van der Waals surface area contributed by atoms with E-state index in [1.165, 1.54) is 20.3 Å². The largest absolute Gasteiger partial charge is 0.495 e. The lowest BCUT2D eigenvalue weighted by Crippen LogP contribution is -2.62. The Bertz CT molecular complexity index is 2570. The first-order valence-corrected chi connectivity index (χ1v) is 33.1. The zero-order valence-corrected chi connectivity index (χ0v) is 53.8. The SMILES string of the molecule is C=C1CC(CCCCCC2CC2(NC(=O)[C@@H](CC)NC(=N)C2(NC(=O)[C@@H](CC)NC(=N)C3(NC(C)=O)CC3CCCCCCC)CC2C(C)C)C(=N)N[C@H](C)C(=O)NC2(C(=N)N[C@H](CC)C(=O)NC3(C(=N)N)CC3CCCCCCC)CC2C(=O)O)O1. The van der Waals surface area contributed by atoms with Gasteiger partial charge in [-0.15, -0.1) is 0 Å². The van der Waals surface area contributed by atoms with Gasteiger partial charge in [-0.1, -0.05) is 132 Å². The Labute approximate surface area is 517 Å². The van der Waals surface area contributed by atoms with Gasteiger partial charge in [0.05, 0.1) is 17.2 Å². The number of nitrogens with one attached hydrogen (secondary N) is 14. The number of unbranched alkanes of at least 4 members (excludes halogenated alkanes) is 10. The highest BCUT2D eigenvalue weighted by Gasteiger charge is 2.66. The van der Waals surface area contributed by atoms with E-state index in [-0.39, 0.29) is 90.0 Å². The van der Waals surface area contributed by atoms with Crippen LogP contribution in [0.1, 0.15) is 229 Å². The number of aliphatic carboxylic acids is 1. The van der Waals surface area contributed by atoms with Gasteiger partial charge in [-0.25, -0.2) is 0 Å². The molecule has 0 bridgehead atoms. The first kappa shape index (κ1) is 69.8. The lowest BCUT2D eigenvalue weighted by atomic mass is 10.00. The third-order valence-corrected chi connectivity index (χ3v) is 20.0. The van der Waals surface area contributed by atoms with Gasteiger partial charge in [0.25, 0.3) is 0 Å². The fraction of sp³-hybridized carbons (Fsp3) is 0.797. The first-order valence-electron chi connectivity index (χ1n) is 33.1. The molecule has 1 heterocycles. The van der Waals surface area contributed by atoms with Crippen LogP contribution in [0.4, 0.5) is 0 Å². The van der Waals surface area contributed by atoms with Crippen LogP contribution in [0.3, 0.4) is 0 Å². The number of carbonyl (C=O) groups is 6. The predicted molar refractivity (Wildman–Crippen MR) is 339 cm³/mol. The van der Waals surface area contributed by atoms with Crippen LogP contribution >= 0.6 is 0 Å². The molecule has 0 aromatic heterocycles. The number of hydrogen-bond acceptors (Lipinski definition) is 12. The van der Waals surface area contributed by atoms with Crippen molar-refractivity contribution in [2.45, 2.75) is 287 Å². The smallest absolute Gasteiger partial charge is 0.309 e. The molecule has 1 aliphatic heterocycles. The lowest BCUT2D eigenvalue weighted by Gasteiger charge is -2.31. The summed E-state index contributed by atoms with van der Waals surface area (Å²) < 4.78 is 5.64. The molecule has 0 spiro atoms. The Morgan fingerprint density at radius 2 is 0.908 bits per heavy atom. The van der Waals surface area contributed by atoms with Crippen molar-refractivity contribution in [3.8, 4) is 0 Å². The first-order chi connectivity index (χ1) is 41.2. The Balaban J connectivity index is 1.11. The average Bonchev–Trinajstić information content (AvgIpc) is 1.65. The van der Waals surface area contributed by atoms with E-state index in [9.17, 15) is 55.5 Å². The van der Waals surface area contributed by atoms with Gasteiger partial charge in [-0.3, -0.25) is 55.8 Å². The van der Waals surface area contributed by atoms with Crippen molar-refractivity contribution in [2.75, 3.05) is 0 Å². The summed E-state index contributed by atoms with van der Waals surface area (Å²) in [5, 5.41) is 83.5. The van der Waals surface area contributed by atoms with E-state index in [1.807, 2.05) is 27.7 Å². The highest BCUT2D eigenvalue weighted by Crippen LogP contribution is 2.52. The highest BCUT2D eigenvalue weighted by molar-refractivity contribution is 6.07. The van der Waals surface area contributed by atoms with E-state index in [4.69, 9.17) is 15.9 Å². The number of amides is 5. The summed E-state index contributed by atoms with van der Waals surface area (Å²) in [5.74, 6) is -4.61. The number of carboxylic acid groups (broad SMARTS) is 1. The molecule has 87 heavy (non-hydrogen) atoms. The van der Waals surface area contributed by atoms with Gasteiger partial charge in [0.1, 0.15) is 81.6 Å². The van der Waals surface area contributed by atoms with Gasteiger partial charge in [-0.2, -0.15) is 0 Å². The molecule has 0 aromatic carbocycles. The lowest BCUT2D eigenvalue weighted by molar-refractivity contribution is -0.139. The summed E-state index contributed by atoms with van der Waals surface area (Å²) in [5.41, 5.74) is 0.200. The van der Waals surface area contributed by atoms with Gasteiger partial charge < -0.3 is 63.4 Å². The molecule has 23 nitrogen and oxygen atoms in total. The van der Waals surface area contributed by atoms with Crippen LogP contribution in [0.2, 0.25) is 0 Å². The topological polar surface area (TPSA) is 385 Å². The molecule has 6 aliphatic rings. The second kappa shape index (κ2) is 29.8. The summed E-state index contributed by atoms with van der Waals surface area (Å²) in [4.78, 5) is 82.1. The summed E-state index contributed by atoms with van der Waals surface area (Å²) in [7, 11) is 0. The fourth-order valence-electron chi connectivity index (χ4n) is 13.8. The van der Waals surface area contributed by atoms with Crippen molar-refractivity contribution in [3.05, 3.63) is 12.3 Å².